The van der Waals surface area contributed by atoms with Crippen LogP contribution >= 0.6 is 7.60 Å². The van der Waals surface area contributed by atoms with Crippen LogP contribution in [0.25, 0.3) is 6.08 Å². The lowest BCUT2D eigenvalue weighted by Crippen LogP contribution is -2.10. The van der Waals surface area contributed by atoms with Gasteiger partial charge in [0.1, 0.15) is 5.31 Å². The summed E-state index contributed by atoms with van der Waals surface area (Å²) < 4.78 is 28.8. The van der Waals surface area contributed by atoms with Crippen molar-refractivity contribution in [1.29, 1.82) is 0 Å². The van der Waals surface area contributed by atoms with Gasteiger partial charge in [0, 0.05) is 12.0 Å². The number of carbonyl (C=O) groups excluding carboxylic acids is 1. The van der Waals surface area contributed by atoms with Gasteiger partial charge in [0.15, 0.2) is 0 Å². The van der Waals surface area contributed by atoms with Gasteiger partial charge in [-0.15, -0.1) is 0 Å². The highest BCUT2D eigenvalue weighted by molar-refractivity contribution is 7.60. The maximum atomic E-state index is 13.2. The number of unbranched alkanes of at least 4 members (excludes halogenated alkanes) is 9. The van der Waals surface area contributed by atoms with Gasteiger partial charge in [-0.1, -0.05) is 88.3 Å². The number of benzene rings is 1. The number of methoxy groups -OCH3 is 1. The van der Waals surface area contributed by atoms with Crippen LogP contribution in [0, 0.1) is 11.8 Å². The molecule has 0 aromatic heterocycles. The van der Waals surface area contributed by atoms with Crippen molar-refractivity contribution in [3.8, 4) is 11.8 Å². The van der Waals surface area contributed by atoms with E-state index < -0.39 is 13.6 Å². The van der Waals surface area contributed by atoms with E-state index in [2.05, 4.69) is 18.8 Å². The summed E-state index contributed by atoms with van der Waals surface area (Å²) in [4.78, 5) is 12.4. The molecule has 0 aliphatic heterocycles. The van der Waals surface area contributed by atoms with Gasteiger partial charge < -0.3 is 13.8 Å². The van der Waals surface area contributed by atoms with Crippen LogP contribution in [0.3, 0.4) is 0 Å². The van der Waals surface area contributed by atoms with Gasteiger partial charge in [-0.3, -0.25) is 4.57 Å². The highest BCUT2D eigenvalue weighted by Gasteiger charge is 2.35. The van der Waals surface area contributed by atoms with Crippen molar-refractivity contribution in [3.05, 3.63) is 40.7 Å². The van der Waals surface area contributed by atoms with Crippen molar-refractivity contribution < 1.29 is 23.1 Å². The van der Waals surface area contributed by atoms with Gasteiger partial charge >= 0.3 is 13.6 Å². The molecule has 0 aliphatic rings. The number of hydrogen-bond acceptors (Lipinski definition) is 5. The standard InChI is InChI=1S/C27H41O5P/c1-5-8-9-10-11-12-13-14-15-16-17-20-24-21-18-19-22-25(24)23-26(27(28)30-4)33(29,31-6-2)32-7-3/h18-19,21-23H,5-16H2,1-4H3/b26-23-. The van der Waals surface area contributed by atoms with E-state index in [0.717, 1.165) is 18.4 Å². The predicted molar refractivity (Wildman–Crippen MR) is 136 cm³/mol. The van der Waals surface area contributed by atoms with Crippen molar-refractivity contribution in [2.45, 2.75) is 85.0 Å². The molecule has 1 aromatic carbocycles. The molecule has 5 nitrogen and oxygen atoms in total. The molecule has 1 aromatic rings. The number of ether oxygens (including phenoxy) is 1. The quantitative estimate of drug-likeness (QED) is 0.0803. The molecule has 0 fully saturated rings. The van der Waals surface area contributed by atoms with E-state index in [4.69, 9.17) is 13.8 Å². The molecule has 0 N–H and O–H groups in total. The van der Waals surface area contributed by atoms with Crippen LogP contribution in [0.2, 0.25) is 0 Å². The van der Waals surface area contributed by atoms with Crippen molar-refractivity contribution in [1.82, 2.24) is 0 Å². The molecule has 0 amide bonds. The summed E-state index contributed by atoms with van der Waals surface area (Å²) in [6.45, 7) is 5.93. The van der Waals surface area contributed by atoms with Crippen LogP contribution < -0.4 is 0 Å². The second-order valence-corrected chi connectivity index (χ2v) is 9.81. The SMILES string of the molecule is CCCCCCCCCCCC#Cc1ccccc1/C=C(/C(=O)OC)P(=O)(OCC)OCC. The second kappa shape index (κ2) is 17.6. The fourth-order valence-corrected chi connectivity index (χ4v) is 5.08. The first kappa shape index (κ1) is 29.2. The maximum absolute atomic E-state index is 13.2. The van der Waals surface area contributed by atoms with Crippen molar-refractivity contribution in [2.24, 2.45) is 0 Å². The zero-order valence-corrected chi connectivity index (χ0v) is 21.8. The minimum atomic E-state index is -3.81. The first-order valence-electron chi connectivity index (χ1n) is 12.3. The summed E-state index contributed by atoms with van der Waals surface area (Å²) in [5.74, 6) is 5.70. The molecule has 1 rings (SSSR count). The zero-order chi connectivity index (χ0) is 24.4. The van der Waals surface area contributed by atoms with Crippen LogP contribution in [0.4, 0.5) is 0 Å². The average molecular weight is 477 g/mol. The molecule has 184 valence electrons. The number of carbonyl (C=O) groups is 1. The molecule has 0 aliphatic carbocycles. The normalized spacial score (nSPS) is 11.7. The maximum Gasteiger partial charge on any atom is 0.368 e. The van der Waals surface area contributed by atoms with Gasteiger partial charge in [-0.25, -0.2) is 4.79 Å². The van der Waals surface area contributed by atoms with Crippen LogP contribution in [-0.4, -0.2) is 26.3 Å². The Morgan fingerprint density at radius 2 is 1.48 bits per heavy atom. The van der Waals surface area contributed by atoms with E-state index in [1.807, 2.05) is 24.3 Å². The van der Waals surface area contributed by atoms with Crippen LogP contribution in [0.15, 0.2) is 29.6 Å². The van der Waals surface area contributed by atoms with Gasteiger partial charge in [-0.05, 0) is 38.0 Å². The summed E-state index contributed by atoms with van der Waals surface area (Å²) in [5.41, 5.74) is 1.44. The first-order chi connectivity index (χ1) is 16.0. The highest BCUT2D eigenvalue weighted by atomic mass is 31.2. The van der Waals surface area contributed by atoms with E-state index in [0.29, 0.717) is 5.56 Å². The predicted octanol–water partition coefficient (Wildman–Crippen LogP) is 7.74. The summed E-state index contributed by atoms with van der Waals surface area (Å²) in [5, 5.41) is -0.123. The number of esters is 1. The van der Waals surface area contributed by atoms with Crippen molar-refractivity contribution in [3.63, 3.8) is 0 Å². The Labute approximate surface area is 200 Å². The lowest BCUT2D eigenvalue weighted by molar-refractivity contribution is -0.135. The fraction of sp³-hybridized carbons (Fsp3) is 0.593. The third-order valence-corrected chi connectivity index (χ3v) is 7.27. The number of rotatable bonds is 16. The average Bonchev–Trinajstić information content (AvgIpc) is 2.81. The molecule has 33 heavy (non-hydrogen) atoms. The Bertz CT molecular complexity index is 824. The van der Waals surface area contributed by atoms with Crippen LogP contribution in [0.1, 0.15) is 96.1 Å². The highest BCUT2D eigenvalue weighted by Crippen LogP contribution is 2.57. The molecule has 0 bridgehead atoms. The van der Waals surface area contributed by atoms with E-state index >= 15 is 0 Å². The van der Waals surface area contributed by atoms with E-state index in [9.17, 15) is 9.36 Å². The summed E-state index contributed by atoms with van der Waals surface area (Å²) in [6, 6.07) is 7.45. The molecule has 0 heterocycles. The monoisotopic (exact) mass is 476 g/mol. The first-order valence-corrected chi connectivity index (χ1v) is 13.8. The van der Waals surface area contributed by atoms with Crippen LogP contribution in [0.5, 0.6) is 0 Å². The van der Waals surface area contributed by atoms with E-state index in [1.54, 1.807) is 13.8 Å². The molecule has 0 saturated carbocycles. The van der Waals surface area contributed by atoms with Crippen LogP contribution in [-0.2, 0) is 23.1 Å². The smallest absolute Gasteiger partial charge is 0.368 e. The Morgan fingerprint density at radius 3 is 2.06 bits per heavy atom. The van der Waals surface area contributed by atoms with Crippen molar-refractivity contribution in [2.75, 3.05) is 20.3 Å². The number of hydrogen-bond donors (Lipinski definition) is 0. The Kier molecular flexibility index (Phi) is 15.6. The lowest BCUT2D eigenvalue weighted by Gasteiger charge is -2.18. The van der Waals surface area contributed by atoms with E-state index in [1.165, 1.54) is 64.6 Å². The topological polar surface area (TPSA) is 61.8 Å². The van der Waals surface area contributed by atoms with Crippen molar-refractivity contribution >= 4 is 19.6 Å². The molecular formula is C27H41O5P. The van der Waals surface area contributed by atoms with Gasteiger partial charge in [0.05, 0.1) is 20.3 Å². The second-order valence-electron chi connectivity index (χ2n) is 7.82. The Morgan fingerprint density at radius 1 is 0.909 bits per heavy atom. The lowest BCUT2D eigenvalue weighted by atomic mass is 10.1. The van der Waals surface area contributed by atoms with Gasteiger partial charge in [0.2, 0.25) is 0 Å². The molecule has 0 radical (unpaired) electrons. The Balaban J connectivity index is 2.82. The molecular weight excluding hydrogens is 435 g/mol. The molecule has 6 heteroatoms. The van der Waals surface area contributed by atoms with Gasteiger partial charge in [-0.2, -0.15) is 0 Å². The molecule has 0 atom stereocenters. The summed E-state index contributed by atoms with van der Waals surface area (Å²) in [6.07, 6.45) is 13.9. The Hall–Kier alpha value is -1.86. The molecule has 0 saturated heterocycles. The van der Waals surface area contributed by atoms with Gasteiger partial charge in [0.25, 0.3) is 0 Å². The minimum absolute atomic E-state index is 0.123. The summed E-state index contributed by atoms with van der Waals surface area (Å²) in [7, 11) is -2.56. The summed E-state index contributed by atoms with van der Waals surface area (Å²) >= 11 is 0. The molecule has 0 unspecified atom stereocenters. The zero-order valence-electron chi connectivity index (χ0n) is 20.9. The van der Waals surface area contributed by atoms with E-state index in [-0.39, 0.29) is 18.5 Å². The third kappa shape index (κ3) is 11.2. The minimum Gasteiger partial charge on any atom is -0.465 e. The fourth-order valence-electron chi connectivity index (χ4n) is 3.44. The third-order valence-electron chi connectivity index (χ3n) is 5.17. The largest absolute Gasteiger partial charge is 0.465 e. The molecule has 0 spiro atoms.